The molecule has 0 unspecified atom stereocenters. The molecule has 1 aromatic rings. The molecule has 0 atom stereocenters. The van der Waals surface area contributed by atoms with Crippen LogP contribution in [0.3, 0.4) is 0 Å². The van der Waals surface area contributed by atoms with Crippen molar-refractivity contribution in [3.05, 3.63) is 34.6 Å². The smallest absolute Gasteiger partial charge is 0.310 e. The van der Waals surface area contributed by atoms with Gasteiger partial charge < -0.3 is 9.47 Å². The monoisotopic (exact) mass is 334 g/mol. The number of rotatable bonds is 6. The van der Waals surface area contributed by atoms with Gasteiger partial charge in [-0.15, -0.1) is 0 Å². The molecule has 2 saturated carbocycles. The molecule has 3 rings (SSSR count). The first-order valence-electron chi connectivity index (χ1n) is 9.17. The highest BCUT2D eigenvalue weighted by molar-refractivity contribution is 5.73. The third-order valence-corrected chi connectivity index (χ3v) is 5.17. The molecular weight excluding hydrogens is 307 g/mol. The topological polar surface area (TPSA) is 35.5 Å². The summed E-state index contributed by atoms with van der Waals surface area (Å²) in [4.78, 5) is 11.9. The molecule has 132 valence electrons. The molecule has 0 saturated heterocycles. The molecule has 0 heterocycles. The molecule has 0 spiro atoms. The number of carbonyl (C=O) groups is 1. The van der Waals surface area contributed by atoms with Gasteiger partial charge >= 0.3 is 5.97 Å². The Labute approximate surface area is 143 Å². The van der Waals surface area contributed by atoms with Crippen LogP contribution in [0.4, 0.5) is 4.39 Å². The minimum atomic E-state index is -0.240. The minimum absolute atomic E-state index is 0.186. The number of ether oxygens (including phenoxy) is 2. The largest absolute Gasteiger partial charge is 0.466 e. The molecule has 2 aliphatic rings. The molecule has 0 radical (unpaired) electrons. The van der Waals surface area contributed by atoms with Crippen molar-refractivity contribution >= 4 is 5.97 Å². The summed E-state index contributed by atoms with van der Waals surface area (Å²) in [6.45, 7) is 4.00. The molecule has 2 fully saturated rings. The zero-order valence-electron chi connectivity index (χ0n) is 14.6. The summed E-state index contributed by atoms with van der Waals surface area (Å²) >= 11 is 0. The standard InChI is InChI=1S/C20H27FO3/c1-3-23-19(22)12-15-6-11-18(21)13(2)20(15)14-4-7-16(8-5-14)24-17-9-10-17/h6,11,14,16-17H,3-5,7-10,12H2,1-2H3. The van der Waals surface area contributed by atoms with E-state index in [2.05, 4.69) is 0 Å². The van der Waals surface area contributed by atoms with Crippen LogP contribution in [0.1, 0.15) is 68.1 Å². The van der Waals surface area contributed by atoms with Gasteiger partial charge in [-0.2, -0.15) is 0 Å². The Kier molecular flexibility index (Phi) is 5.54. The summed E-state index contributed by atoms with van der Waals surface area (Å²) in [5.74, 6) is -0.117. The van der Waals surface area contributed by atoms with Crippen molar-refractivity contribution in [1.29, 1.82) is 0 Å². The Morgan fingerprint density at radius 3 is 2.33 bits per heavy atom. The second-order valence-corrected chi connectivity index (χ2v) is 7.04. The van der Waals surface area contributed by atoms with Crippen LogP contribution >= 0.6 is 0 Å². The number of hydrogen-bond acceptors (Lipinski definition) is 3. The quantitative estimate of drug-likeness (QED) is 0.721. The lowest BCUT2D eigenvalue weighted by atomic mass is 9.78. The van der Waals surface area contributed by atoms with Crippen molar-refractivity contribution in [2.24, 2.45) is 0 Å². The Morgan fingerprint density at radius 1 is 1.12 bits per heavy atom. The molecule has 0 amide bonds. The highest BCUT2D eigenvalue weighted by Crippen LogP contribution is 2.39. The van der Waals surface area contributed by atoms with E-state index in [1.54, 1.807) is 13.0 Å². The van der Waals surface area contributed by atoms with Gasteiger partial charge in [0.1, 0.15) is 5.82 Å². The van der Waals surface area contributed by atoms with Crippen LogP contribution in [0, 0.1) is 12.7 Å². The lowest BCUT2D eigenvalue weighted by Crippen LogP contribution is -2.23. The summed E-state index contributed by atoms with van der Waals surface area (Å²) in [6, 6.07) is 3.22. The lowest BCUT2D eigenvalue weighted by Gasteiger charge is -2.31. The summed E-state index contributed by atoms with van der Waals surface area (Å²) in [5, 5.41) is 0. The fourth-order valence-electron chi connectivity index (χ4n) is 3.81. The van der Waals surface area contributed by atoms with E-state index in [0.717, 1.165) is 36.8 Å². The SMILES string of the molecule is CCOC(=O)Cc1ccc(F)c(C)c1C1CCC(OC2CC2)CC1. The Morgan fingerprint density at radius 2 is 1.75 bits per heavy atom. The number of benzene rings is 1. The zero-order chi connectivity index (χ0) is 17.1. The first-order chi connectivity index (χ1) is 11.6. The predicted molar refractivity (Wildman–Crippen MR) is 90.6 cm³/mol. The van der Waals surface area contributed by atoms with Crippen molar-refractivity contribution < 1.29 is 18.7 Å². The number of esters is 1. The molecular formula is C20H27FO3. The van der Waals surface area contributed by atoms with Crippen LogP contribution in [0.15, 0.2) is 12.1 Å². The maximum atomic E-state index is 14.1. The van der Waals surface area contributed by atoms with Crippen LogP contribution in [0.2, 0.25) is 0 Å². The molecule has 24 heavy (non-hydrogen) atoms. The van der Waals surface area contributed by atoms with Gasteiger partial charge in [0.15, 0.2) is 0 Å². The van der Waals surface area contributed by atoms with E-state index in [-0.39, 0.29) is 18.2 Å². The highest BCUT2D eigenvalue weighted by atomic mass is 19.1. The van der Waals surface area contributed by atoms with E-state index in [4.69, 9.17) is 9.47 Å². The maximum absolute atomic E-state index is 14.1. The van der Waals surface area contributed by atoms with E-state index >= 15 is 0 Å². The summed E-state index contributed by atoms with van der Waals surface area (Å²) < 4.78 is 25.2. The maximum Gasteiger partial charge on any atom is 0.310 e. The molecule has 0 bridgehead atoms. The van der Waals surface area contributed by atoms with Gasteiger partial charge in [0.25, 0.3) is 0 Å². The Bertz CT molecular complexity index is 587. The van der Waals surface area contributed by atoms with E-state index in [0.29, 0.717) is 30.3 Å². The van der Waals surface area contributed by atoms with Crippen molar-refractivity contribution in [1.82, 2.24) is 0 Å². The minimum Gasteiger partial charge on any atom is -0.466 e. The van der Waals surface area contributed by atoms with Crippen LogP contribution in [0.5, 0.6) is 0 Å². The molecule has 3 nitrogen and oxygen atoms in total. The van der Waals surface area contributed by atoms with Gasteiger partial charge in [-0.05, 0) is 81.0 Å². The van der Waals surface area contributed by atoms with E-state index in [1.807, 2.05) is 6.92 Å². The first kappa shape index (κ1) is 17.4. The third kappa shape index (κ3) is 4.15. The average Bonchev–Trinajstić information content (AvgIpc) is 3.37. The van der Waals surface area contributed by atoms with Gasteiger partial charge in [0.05, 0.1) is 25.2 Å². The second kappa shape index (κ2) is 7.64. The van der Waals surface area contributed by atoms with Crippen molar-refractivity contribution in [3.63, 3.8) is 0 Å². The molecule has 0 aliphatic heterocycles. The van der Waals surface area contributed by atoms with Crippen LogP contribution < -0.4 is 0 Å². The van der Waals surface area contributed by atoms with E-state index in [9.17, 15) is 9.18 Å². The number of halogens is 1. The highest BCUT2D eigenvalue weighted by Gasteiger charge is 2.31. The van der Waals surface area contributed by atoms with Crippen LogP contribution in [-0.4, -0.2) is 24.8 Å². The molecule has 0 N–H and O–H groups in total. The number of carbonyl (C=O) groups excluding carboxylic acids is 1. The Hall–Kier alpha value is -1.42. The summed E-state index contributed by atoms with van der Waals surface area (Å²) in [7, 11) is 0. The van der Waals surface area contributed by atoms with Crippen LogP contribution in [-0.2, 0) is 20.7 Å². The second-order valence-electron chi connectivity index (χ2n) is 7.04. The van der Waals surface area contributed by atoms with Gasteiger partial charge in [0.2, 0.25) is 0 Å². The van der Waals surface area contributed by atoms with E-state index < -0.39 is 0 Å². The fraction of sp³-hybridized carbons (Fsp3) is 0.650. The average molecular weight is 334 g/mol. The summed E-state index contributed by atoms with van der Waals surface area (Å²) in [6.07, 6.45) is 7.51. The predicted octanol–water partition coefficient (Wildman–Crippen LogP) is 4.44. The fourth-order valence-corrected chi connectivity index (χ4v) is 3.81. The Balaban J connectivity index is 1.73. The normalized spacial score (nSPS) is 24.0. The molecule has 2 aliphatic carbocycles. The number of hydrogen-bond donors (Lipinski definition) is 0. The zero-order valence-corrected chi connectivity index (χ0v) is 14.6. The van der Waals surface area contributed by atoms with Crippen molar-refractivity contribution in [3.8, 4) is 0 Å². The van der Waals surface area contributed by atoms with Crippen molar-refractivity contribution in [2.75, 3.05) is 6.61 Å². The summed E-state index contributed by atoms with van der Waals surface area (Å²) in [5.41, 5.74) is 2.62. The molecule has 0 aromatic heterocycles. The van der Waals surface area contributed by atoms with Crippen molar-refractivity contribution in [2.45, 2.75) is 76.9 Å². The van der Waals surface area contributed by atoms with Crippen LogP contribution in [0.25, 0.3) is 0 Å². The van der Waals surface area contributed by atoms with Gasteiger partial charge in [0, 0.05) is 0 Å². The molecule has 1 aromatic carbocycles. The first-order valence-corrected chi connectivity index (χ1v) is 9.17. The van der Waals surface area contributed by atoms with Gasteiger partial charge in [-0.1, -0.05) is 6.07 Å². The third-order valence-electron chi connectivity index (χ3n) is 5.17. The van der Waals surface area contributed by atoms with Gasteiger partial charge in [-0.25, -0.2) is 4.39 Å². The lowest BCUT2D eigenvalue weighted by molar-refractivity contribution is -0.142. The van der Waals surface area contributed by atoms with E-state index in [1.165, 1.54) is 18.9 Å². The van der Waals surface area contributed by atoms with Gasteiger partial charge in [-0.3, -0.25) is 4.79 Å². The molecule has 4 heteroatoms.